The summed E-state index contributed by atoms with van der Waals surface area (Å²) < 4.78 is 25.8. The molecule has 3 fully saturated rings. The van der Waals surface area contributed by atoms with Gasteiger partial charge in [-0.2, -0.15) is 0 Å². The van der Waals surface area contributed by atoms with Gasteiger partial charge in [-0.1, -0.05) is 46.8 Å². The molecule has 3 saturated heterocycles. The van der Waals surface area contributed by atoms with Crippen LogP contribution >= 0.6 is 0 Å². The number of hydrogen-bond donors (Lipinski definition) is 7. The normalized spacial score (nSPS) is 49.4. The summed E-state index contributed by atoms with van der Waals surface area (Å²) in [7, 11) is 0. The maximum absolute atomic E-state index is 13.4. The van der Waals surface area contributed by atoms with Crippen molar-refractivity contribution in [1.82, 2.24) is 0 Å². The second-order valence-electron chi connectivity index (χ2n) is 17.2. The molecule has 0 saturated carbocycles. The highest BCUT2D eigenvalue weighted by Crippen LogP contribution is 2.48. The smallest absolute Gasteiger partial charge is 0.330 e. The van der Waals surface area contributed by atoms with Crippen molar-refractivity contribution in [1.29, 1.82) is 0 Å². The van der Waals surface area contributed by atoms with Crippen LogP contribution in [0.2, 0.25) is 0 Å². The summed E-state index contributed by atoms with van der Waals surface area (Å²) in [4.78, 5) is 13.4. The zero-order chi connectivity index (χ0) is 38.6. The molecule has 300 valence electrons. The molecule has 0 amide bonds. The maximum atomic E-state index is 13.4. The van der Waals surface area contributed by atoms with Crippen LogP contribution in [-0.2, 0) is 23.7 Å². The van der Waals surface area contributed by atoms with Gasteiger partial charge < -0.3 is 54.7 Å². The van der Waals surface area contributed by atoms with Gasteiger partial charge >= 0.3 is 5.97 Å². The van der Waals surface area contributed by atoms with Crippen LogP contribution in [0.3, 0.4) is 0 Å². The van der Waals surface area contributed by atoms with Crippen LogP contribution in [0.1, 0.15) is 119 Å². The third kappa shape index (κ3) is 10.6. The lowest BCUT2D eigenvalue weighted by Crippen LogP contribution is -2.59. The average molecular weight is 741 g/mol. The fourth-order valence-electron chi connectivity index (χ4n) is 8.35. The molecular formula is C40H68O12. The number of esters is 1. The predicted molar refractivity (Wildman–Crippen MR) is 193 cm³/mol. The highest BCUT2D eigenvalue weighted by atomic mass is 16.7. The summed E-state index contributed by atoms with van der Waals surface area (Å²) in [6.07, 6.45) is 4.21. The Bertz CT molecular complexity index is 1220. The molecule has 0 aromatic rings. The molecule has 0 aliphatic carbocycles. The standard InChI is InChI=1S/C40H68O12/c1-8-29(41)19-31-25(3)13-17-39(51-31)21-32-27(5)33(52-39)22-40(48)28(18-24(2)23-49-40)12-10-9-11-15-37(6,46)34(43)20-30(42)26(4)36(45)38(7,47)16-14-35(44)50-32/h10,12,14,16,24-34,36,41-43,45-48H,8-9,11,13,15,17-23H2,1-7H3/b12-10+,16-14+/t24-,25-,26-,27-,28+,29+,30-,31-,32-,33-,34+,36-,37+,38+,39+,40-/m0/s1. The van der Waals surface area contributed by atoms with E-state index >= 15 is 0 Å². The van der Waals surface area contributed by atoms with E-state index in [0.29, 0.717) is 45.1 Å². The number of carbonyl (C=O) groups is 1. The van der Waals surface area contributed by atoms with Gasteiger partial charge in [0.05, 0.1) is 48.8 Å². The van der Waals surface area contributed by atoms with Crippen molar-refractivity contribution in [3.63, 3.8) is 0 Å². The average Bonchev–Trinajstić information content (AvgIpc) is 3.08. The van der Waals surface area contributed by atoms with E-state index in [-0.39, 0.29) is 49.5 Å². The maximum Gasteiger partial charge on any atom is 0.330 e. The van der Waals surface area contributed by atoms with Crippen molar-refractivity contribution in [3.8, 4) is 0 Å². The van der Waals surface area contributed by atoms with Gasteiger partial charge in [0.15, 0.2) is 11.6 Å². The van der Waals surface area contributed by atoms with Gasteiger partial charge in [-0.15, -0.1) is 0 Å². The number of allylic oxidation sites excluding steroid dienone is 1. The second kappa shape index (κ2) is 17.6. The summed E-state index contributed by atoms with van der Waals surface area (Å²) in [6.45, 7) is 12.7. The molecule has 52 heavy (non-hydrogen) atoms. The van der Waals surface area contributed by atoms with Crippen molar-refractivity contribution in [2.45, 2.75) is 185 Å². The van der Waals surface area contributed by atoms with Gasteiger partial charge in [0.1, 0.15) is 11.7 Å². The molecule has 0 unspecified atom stereocenters. The third-order valence-electron chi connectivity index (χ3n) is 12.5. The first kappa shape index (κ1) is 43.3. The SMILES string of the molecule is CC[C@@H](O)C[C@@H]1O[C@@]2(CC[C@@H]1C)C[C@@H]1OC(=O)/C=C/[C@@](C)(O)[C@@H](O)[C@@H](C)[C@@H](O)C[C@@H](O)[C@](C)(O)CCC/C=C/[C@@H]3C[C@H](C)CO[C@@]3(O)C[C@H](O2)[C@H]1C. The van der Waals surface area contributed by atoms with Crippen LogP contribution in [0.15, 0.2) is 24.3 Å². The fourth-order valence-corrected chi connectivity index (χ4v) is 8.35. The molecule has 12 nitrogen and oxygen atoms in total. The summed E-state index contributed by atoms with van der Waals surface area (Å²) in [5.41, 5.74) is -3.48. The first-order chi connectivity index (χ1) is 24.2. The summed E-state index contributed by atoms with van der Waals surface area (Å²) in [5.74, 6) is -4.82. The van der Waals surface area contributed by atoms with Crippen LogP contribution in [0.5, 0.6) is 0 Å². The Labute approximate surface area is 310 Å². The van der Waals surface area contributed by atoms with Crippen molar-refractivity contribution < 1.29 is 59.5 Å². The van der Waals surface area contributed by atoms with Crippen LogP contribution in [0, 0.1) is 29.6 Å². The zero-order valence-corrected chi connectivity index (χ0v) is 32.4. The second-order valence-corrected chi connectivity index (χ2v) is 17.2. The van der Waals surface area contributed by atoms with E-state index in [2.05, 4.69) is 13.8 Å². The van der Waals surface area contributed by atoms with Crippen molar-refractivity contribution >= 4 is 5.97 Å². The molecule has 0 radical (unpaired) electrons. The van der Waals surface area contributed by atoms with Crippen molar-refractivity contribution in [2.24, 2.45) is 29.6 Å². The fraction of sp³-hybridized carbons (Fsp3) is 0.875. The molecule has 4 aliphatic rings. The van der Waals surface area contributed by atoms with Crippen LogP contribution < -0.4 is 0 Å². The van der Waals surface area contributed by atoms with E-state index in [1.54, 1.807) is 0 Å². The monoisotopic (exact) mass is 740 g/mol. The van der Waals surface area contributed by atoms with Crippen LogP contribution in [-0.4, -0.2) is 114 Å². The zero-order valence-electron chi connectivity index (χ0n) is 32.4. The molecule has 4 aliphatic heterocycles. The number of carbonyl (C=O) groups excluding carboxylic acids is 1. The molecule has 1 spiro atoms. The summed E-state index contributed by atoms with van der Waals surface area (Å²) in [5, 5.41) is 77.8. The minimum atomic E-state index is -1.95. The molecule has 0 aromatic carbocycles. The number of aliphatic hydroxyl groups excluding tert-OH is 4. The predicted octanol–water partition coefficient (Wildman–Crippen LogP) is 3.65. The van der Waals surface area contributed by atoms with Gasteiger partial charge in [0.25, 0.3) is 0 Å². The Balaban J connectivity index is 1.69. The van der Waals surface area contributed by atoms with E-state index in [1.807, 2.05) is 26.0 Å². The van der Waals surface area contributed by atoms with Gasteiger partial charge in [-0.3, -0.25) is 0 Å². The molecule has 12 heteroatoms. The Morgan fingerprint density at radius 3 is 2.35 bits per heavy atom. The highest BCUT2D eigenvalue weighted by molar-refractivity contribution is 5.82. The first-order valence-electron chi connectivity index (χ1n) is 19.7. The Morgan fingerprint density at radius 2 is 1.65 bits per heavy atom. The third-order valence-corrected chi connectivity index (χ3v) is 12.5. The molecule has 7 N–H and O–H groups in total. The van der Waals surface area contributed by atoms with E-state index in [9.17, 15) is 40.5 Å². The molecule has 2 bridgehead atoms. The Hall–Kier alpha value is -1.45. The lowest BCUT2D eigenvalue weighted by atomic mass is 9.77. The van der Waals surface area contributed by atoms with E-state index < -0.39 is 77.2 Å². The number of hydrogen-bond acceptors (Lipinski definition) is 12. The van der Waals surface area contributed by atoms with Gasteiger partial charge in [-0.25, -0.2) is 4.79 Å². The minimum Gasteiger partial charge on any atom is -0.459 e. The molecule has 16 atom stereocenters. The lowest BCUT2D eigenvalue weighted by molar-refractivity contribution is -0.362. The van der Waals surface area contributed by atoms with Gasteiger partial charge in [-0.05, 0) is 76.7 Å². The van der Waals surface area contributed by atoms with Crippen LogP contribution in [0.4, 0.5) is 0 Å². The molecular weight excluding hydrogens is 672 g/mol. The number of aliphatic hydroxyl groups is 7. The van der Waals surface area contributed by atoms with Crippen molar-refractivity contribution in [3.05, 3.63) is 24.3 Å². The topological polar surface area (TPSA) is 196 Å². The summed E-state index contributed by atoms with van der Waals surface area (Å²) in [6, 6.07) is 0. The number of fused-ring (bicyclic) bond motifs is 3. The first-order valence-corrected chi connectivity index (χ1v) is 19.7. The summed E-state index contributed by atoms with van der Waals surface area (Å²) >= 11 is 0. The number of ether oxygens (including phenoxy) is 4. The van der Waals surface area contributed by atoms with Crippen LogP contribution in [0.25, 0.3) is 0 Å². The quantitative estimate of drug-likeness (QED) is 0.164. The van der Waals surface area contributed by atoms with Gasteiger partial charge in [0.2, 0.25) is 0 Å². The minimum absolute atomic E-state index is 0.0880. The Kier molecular flexibility index (Phi) is 14.6. The molecule has 0 aromatic heterocycles. The van der Waals surface area contributed by atoms with Crippen molar-refractivity contribution in [2.75, 3.05) is 6.61 Å². The number of rotatable bonds is 3. The van der Waals surface area contributed by atoms with Gasteiger partial charge in [0, 0.05) is 49.5 Å². The van der Waals surface area contributed by atoms with E-state index in [1.165, 1.54) is 20.8 Å². The molecule has 4 heterocycles. The molecule has 4 rings (SSSR count). The lowest BCUT2D eigenvalue weighted by Gasteiger charge is -2.53. The van der Waals surface area contributed by atoms with E-state index in [4.69, 9.17) is 18.9 Å². The highest BCUT2D eigenvalue weighted by Gasteiger charge is 2.54. The Morgan fingerprint density at radius 1 is 0.942 bits per heavy atom. The largest absolute Gasteiger partial charge is 0.459 e. The van der Waals surface area contributed by atoms with E-state index in [0.717, 1.165) is 18.6 Å².